The van der Waals surface area contributed by atoms with E-state index in [1.165, 1.54) is 10.7 Å². The third-order valence-corrected chi connectivity index (χ3v) is 2.83. The molecular formula is C8H14N2S. The van der Waals surface area contributed by atoms with E-state index in [2.05, 4.69) is 24.2 Å². The Morgan fingerprint density at radius 2 is 2.45 bits per heavy atom. The van der Waals surface area contributed by atoms with Crippen molar-refractivity contribution in [1.29, 1.82) is 0 Å². The van der Waals surface area contributed by atoms with Gasteiger partial charge in [-0.3, -0.25) is 0 Å². The molecule has 0 saturated carbocycles. The van der Waals surface area contributed by atoms with Crippen LogP contribution in [0.3, 0.4) is 0 Å². The number of thiazole rings is 1. The molecule has 0 saturated heterocycles. The monoisotopic (exact) mass is 170 g/mol. The van der Waals surface area contributed by atoms with Crippen molar-refractivity contribution in [3.63, 3.8) is 0 Å². The third kappa shape index (κ3) is 2.01. The Kier molecular flexibility index (Phi) is 3.02. The molecular weight excluding hydrogens is 156 g/mol. The Bertz CT molecular complexity index is 220. The number of nitrogens with two attached hydrogens (primary N) is 1. The number of aryl methyl sites for hydroxylation is 1. The van der Waals surface area contributed by atoms with Gasteiger partial charge in [0, 0.05) is 17.8 Å². The Morgan fingerprint density at radius 1 is 1.73 bits per heavy atom. The Hall–Kier alpha value is -0.410. The largest absolute Gasteiger partial charge is 0.330 e. The van der Waals surface area contributed by atoms with Crippen molar-refractivity contribution in [1.82, 2.24) is 4.98 Å². The number of nitrogens with zero attached hydrogens (tertiary/aromatic N) is 1. The van der Waals surface area contributed by atoms with E-state index in [9.17, 15) is 0 Å². The van der Waals surface area contributed by atoms with Crippen LogP contribution in [0.15, 0.2) is 5.38 Å². The molecule has 0 spiro atoms. The SMILES string of the molecule is CCc1csc(C(C)CN)n1. The Morgan fingerprint density at radius 3 is 2.91 bits per heavy atom. The summed E-state index contributed by atoms with van der Waals surface area (Å²) in [5, 5.41) is 3.28. The van der Waals surface area contributed by atoms with Gasteiger partial charge in [-0.15, -0.1) is 11.3 Å². The molecule has 1 rings (SSSR count). The fourth-order valence-corrected chi connectivity index (χ4v) is 1.79. The molecule has 1 aromatic rings. The van der Waals surface area contributed by atoms with E-state index < -0.39 is 0 Å². The molecule has 0 amide bonds. The van der Waals surface area contributed by atoms with Gasteiger partial charge in [-0.2, -0.15) is 0 Å². The molecule has 0 aliphatic heterocycles. The van der Waals surface area contributed by atoms with Crippen molar-refractivity contribution in [3.05, 3.63) is 16.1 Å². The summed E-state index contributed by atoms with van der Waals surface area (Å²) < 4.78 is 0. The summed E-state index contributed by atoms with van der Waals surface area (Å²) in [4.78, 5) is 4.44. The minimum Gasteiger partial charge on any atom is -0.330 e. The van der Waals surface area contributed by atoms with Gasteiger partial charge in [0.15, 0.2) is 0 Å². The molecule has 2 nitrogen and oxygen atoms in total. The van der Waals surface area contributed by atoms with Crippen LogP contribution < -0.4 is 5.73 Å². The molecule has 1 aromatic heterocycles. The molecule has 2 N–H and O–H groups in total. The highest BCUT2D eigenvalue weighted by molar-refractivity contribution is 7.09. The van der Waals surface area contributed by atoms with Crippen LogP contribution in [0.1, 0.15) is 30.5 Å². The molecule has 0 bridgehead atoms. The molecule has 0 radical (unpaired) electrons. The fraction of sp³-hybridized carbons (Fsp3) is 0.625. The highest BCUT2D eigenvalue weighted by Crippen LogP contribution is 2.18. The van der Waals surface area contributed by atoms with Crippen molar-refractivity contribution >= 4 is 11.3 Å². The summed E-state index contributed by atoms with van der Waals surface area (Å²) >= 11 is 1.72. The summed E-state index contributed by atoms with van der Waals surface area (Å²) in [6, 6.07) is 0. The first kappa shape index (κ1) is 8.68. The van der Waals surface area contributed by atoms with Crippen LogP contribution >= 0.6 is 11.3 Å². The summed E-state index contributed by atoms with van der Waals surface area (Å²) in [6.45, 7) is 4.92. The first-order valence-electron chi connectivity index (χ1n) is 3.92. The highest BCUT2D eigenvalue weighted by Gasteiger charge is 2.06. The lowest BCUT2D eigenvalue weighted by Gasteiger charge is -2.01. The second-order valence-electron chi connectivity index (χ2n) is 2.67. The van der Waals surface area contributed by atoms with Crippen molar-refractivity contribution < 1.29 is 0 Å². The first-order chi connectivity index (χ1) is 5.27. The quantitative estimate of drug-likeness (QED) is 0.751. The zero-order valence-electron chi connectivity index (χ0n) is 7.00. The predicted octanol–water partition coefficient (Wildman–Crippen LogP) is 1.77. The molecule has 3 heteroatoms. The first-order valence-corrected chi connectivity index (χ1v) is 4.80. The topological polar surface area (TPSA) is 38.9 Å². The van der Waals surface area contributed by atoms with Crippen LogP contribution in [-0.4, -0.2) is 11.5 Å². The van der Waals surface area contributed by atoms with E-state index >= 15 is 0 Å². The number of hydrogen-bond acceptors (Lipinski definition) is 3. The van der Waals surface area contributed by atoms with Gasteiger partial charge in [-0.1, -0.05) is 13.8 Å². The van der Waals surface area contributed by atoms with Crippen LogP contribution in [0, 0.1) is 0 Å². The molecule has 1 atom stereocenters. The Balaban J connectivity index is 2.71. The van der Waals surface area contributed by atoms with Gasteiger partial charge < -0.3 is 5.73 Å². The molecule has 0 aliphatic rings. The van der Waals surface area contributed by atoms with Gasteiger partial charge in [-0.25, -0.2) is 4.98 Å². The molecule has 62 valence electrons. The van der Waals surface area contributed by atoms with E-state index in [1.54, 1.807) is 11.3 Å². The second-order valence-corrected chi connectivity index (χ2v) is 3.56. The van der Waals surface area contributed by atoms with Crippen LogP contribution in [0.2, 0.25) is 0 Å². The molecule has 1 heterocycles. The molecule has 0 aromatic carbocycles. The number of hydrogen-bond donors (Lipinski definition) is 1. The van der Waals surface area contributed by atoms with Crippen LogP contribution in [0.4, 0.5) is 0 Å². The number of aromatic nitrogens is 1. The summed E-state index contributed by atoms with van der Waals surface area (Å²) in [7, 11) is 0. The van der Waals surface area contributed by atoms with Crippen LogP contribution in [-0.2, 0) is 6.42 Å². The standard InChI is InChI=1S/C8H14N2S/c1-3-7-5-11-8(10-7)6(2)4-9/h5-6H,3-4,9H2,1-2H3. The lowest BCUT2D eigenvalue weighted by Crippen LogP contribution is -2.08. The Labute approximate surface area is 71.5 Å². The van der Waals surface area contributed by atoms with Gasteiger partial charge >= 0.3 is 0 Å². The molecule has 1 unspecified atom stereocenters. The summed E-state index contributed by atoms with van der Waals surface area (Å²) in [5.74, 6) is 0.417. The number of rotatable bonds is 3. The maximum absolute atomic E-state index is 5.52. The van der Waals surface area contributed by atoms with Crippen molar-refractivity contribution in [2.24, 2.45) is 5.73 Å². The van der Waals surface area contributed by atoms with Crippen molar-refractivity contribution in [2.45, 2.75) is 26.2 Å². The predicted molar refractivity (Wildman–Crippen MR) is 49.0 cm³/mol. The van der Waals surface area contributed by atoms with Gasteiger partial charge in [0.2, 0.25) is 0 Å². The van der Waals surface area contributed by atoms with Crippen molar-refractivity contribution in [2.75, 3.05) is 6.54 Å². The van der Waals surface area contributed by atoms with Crippen LogP contribution in [0.5, 0.6) is 0 Å². The minimum absolute atomic E-state index is 0.417. The fourth-order valence-electron chi connectivity index (χ4n) is 0.812. The summed E-state index contributed by atoms with van der Waals surface area (Å²) in [5.41, 5.74) is 6.71. The van der Waals surface area contributed by atoms with E-state index in [1.807, 2.05) is 0 Å². The summed E-state index contributed by atoms with van der Waals surface area (Å²) in [6.07, 6.45) is 1.02. The zero-order valence-corrected chi connectivity index (χ0v) is 7.82. The second kappa shape index (κ2) is 3.83. The normalized spacial score (nSPS) is 13.4. The van der Waals surface area contributed by atoms with Gasteiger partial charge in [-0.05, 0) is 6.42 Å². The average molecular weight is 170 g/mol. The maximum atomic E-state index is 5.52. The lowest BCUT2D eigenvalue weighted by molar-refractivity contribution is 0.760. The molecule has 0 fully saturated rings. The third-order valence-electron chi connectivity index (χ3n) is 1.71. The van der Waals surface area contributed by atoms with Gasteiger partial charge in [0.1, 0.15) is 0 Å². The molecule has 0 aliphatic carbocycles. The van der Waals surface area contributed by atoms with E-state index in [4.69, 9.17) is 5.73 Å². The van der Waals surface area contributed by atoms with E-state index in [-0.39, 0.29) is 0 Å². The van der Waals surface area contributed by atoms with E-state index in [0.29, 0.717) is 12.5 Å². The molecule has 11 heavy (non-hydrogen) atoms. The smallest absolute Gasteiger partial charge is 0.0969 e. The lowest BCUT2D eigenvalue weighted by atomic mass is 10.2. The highest BCUT2D eigenvalue weighted by atomic mass is 32.1. The minimum atomic E-state index is 0.417. The van der Waals surface area contributed by atoms with Crippen LogP contribution in [0.25, 0.3) is 0 Å². The van der Waals surface area contributed by atoms with Gasteiger partial charge in [0.25, 0.3) is 0 Å². The zero-order chi connectivity index (χ0) is 8.27. The maximum Gasteiger partial charge on any atom is 0.0969 e. The van der Waals surface area contributed by atoms with Crippen molar-refractivity contribution in [3.8, 4) is 0 Å². The van der Waals surface area contributed by atoms with Gasteiger partial charge in [0.05, 0.1) is 10.7 Å². The average Bonchev–Trinajstić information content (AvgIpc) is 2.50. The van der Waals surface area contributed by atoms with E-state index in [0.717, 1.165) is 6.42 Å².